The van der Waals surface area contributed by atoms with Gasteiger partial charge in [-0.3, -0.25) is 0 Å². The van der Waals surface area contributed by atoms with Crippen LogP contribution in [-0.4, -0.2) is 30.6 Å². The summed E-state index contributed by atoms with van der Waals surface area (Å²) in [5.74, 6) is 0.0219. The largest absolute Gasteiger partial charge is 0.380 e. The van der Waals surface area contributed by atoms with Crippen LogP contribution < -0.4 is 0 Å². The predicted molar refractivity (Wildman–Crippen MR) is 103 cm³/mol. The summed E-state index contributed by atoms with van der Waals surface area (Å²) in [5, 5.41) is 12.4. The van der Waals surface area contributed by atoms with Crippen molar-refractivity contribution in [1.29, 1.82) is 0 Å². The zero-order chi connectivity index (χ0) is 17.7. The van der Waals surface area contributed by atoms with Crippen LogP contribution in [0.3, 0.4) is 0 Å². The number of hydrogen-bond donors (Lipinski definition) is 1. The maximum absolute atomic E-state index is 11.7. The topological polar surface area (TPSA) is 23.5 Å². The number of rotatable bonds is 6. The molecule has 0 spiro atoms. The third-order valence-corrected chi connectivity index (χ3v) is 4.67. The van der Waals surface area contributed by atoms with Gasteiger partial charge in [0.15, 0.2) is 0 Å². The molecule has 0 saturated heterocycles. The first-order valence-electron chi connectivity index (χ1n) is 8.21. The van der Waals surface area contributed by atoms with E-state index in [-0.39, 0.29) is 5.92 Å². The fourth-order valence-corrected chi connectivity index (χ4v) is 3.32. The molecule has 0 fully saturated rings. The van der Waals surface area contributed by atoms with Crippen LogP contribution in [0.15, 0.2) is 60.2 Å². The molecule has 0 bridgehead atoms. The van der Waals surface area contributed by atoms with Gasteiger partial charge in [0.05, 0.1) is 0 Å². The SMILES string of the molecule is C/C(=C/c1ccccc1)C(O)(c1ccc(Cl)cc1)C(C)CN(C)C. The lowest BCUT2D eigenvalue weighted by Crippen LogP contribution is -2.40. The molecule has 2 unspecified atom stereocenters. The second-order valence-electron chi connectivity index (χ2n) is 6.67. The Balaban J connectivity index is 2.49. The van der Waals surface area contributed by atoms with E-state index >= 15 is 0 Å². The molecule has 0 aliphatic heterocycles. The third kappa shape index (κ3) is 4.27. The molecule has 3 heteroatoms. The second-order valence-corrected chi connectivity index (χ2v) is 7.11. The summed E-state index contributed by atoms with van der Waals surface area (Å²) >= 11 is 6.03. The van der Waals surface area contributed by atoms with Crippen LogP contribution in [0.5, 0.6) is 0 Å². The van der Waals surface area contributed by atoms with E-state index in [2.05, 4.69) is 17.9 Å². The van der Waals surface area contributed by atoms with Crippen molar-refractivity contribution >= 4 is 17.7 Å². The third-order valence-electron chi connectivity index (χ3n) is 4.42. The maximum atomic E-state index is 11.7. The summed E-state index contributed by atoms with van der Waals surface area (Å²) in [6.45, 7) is 4.85. The van der Waals surface area contributed by atoms with Crippen molar-refractivity contribution in [2.45, 2.75) is 19.4 Å². The number of halogens is 1. The van der Waals surface area contributed by atoms with Crippen LogP contribution in [0.4, 0.5) is 0 Å². The van der Waals surface area contributed by atoms with E-state index in [1.54, 1.807) is 0 Å². The van der Waals surface area contributed by atoms with E-state index in [4.69, 9.17) is 11.6 Å². The van der Waals surface area contributed by atoms with Gasteiger partial charge in [-0.15, -0.1) is 0 Å². The average molecular weight is 344 g/mol. The van der Waals surface area contributed by atoms with Gasteiger partial charge < -0.3 is 10.0 Å². The Morgan fingerprint density at radius 3 is 2.25 bits per heavy atom. The van der Waals surface area contributed by atoms with Gasteiger partial charge in [0, 0.05) is 17.5 Å². The molecule has 128 valence electrons. The molecule has 2 aromatic rings. The zero-order valence-electron chi connectivity index (χ0n) is 14.8. The minimum atomic E-state index is -1.05. The molecule has 0 aliphatic carbocycles. The van der Waals surface area contributed by atoms with Crippen molar-refractivity contribution in [1.82, 2.24) is 4.90 Å². The van der Waals surface area contributed by atoms with Gasteiger partial charge in [0.2, 0.25) is 0 Å². The Hall–Kier alpha value is -1.61. The molecular formula is C21H26ClNO. The van der Waals surface area contributed by atoms with Gasteiger partial charge in [0.25, 0.3) is 0 Å². The fourth-order valence-electron chi connectivity index (χ4n) is 3.19. The minimum absolute atomic E-state index is 0.0219. The Morgan fingerprint density at radius 1 is 1.12 bits per heavy atom. The minimum Gasteiger partial charge on any atom is -0.380 e. The first-order valence-corrected chi connectivity index (χ1v) is 8.58. The normalized spacial score (nSPS) is 16.0. The molecule has 2 atom stereocenters. The molecule has 1 N–H and O–H groups in total. The molecule has 0 aromatic heterocycles. The monoisotopic (exact) mass is 343 g/mol. The lowest BCUT2D eigenvalue weighted by Gasteiger charge is -2.37. The van der Waals surface area contributed by atoms with Crippen molar-refractivity contribution in [2.75, 3.05) is 20.6 Å². The van der Waals surface area contributed by atoms with E-state index in [1.807, 2.05) is 75.6 Å². The van der Waals surface area contributed by atoms with Crippen LogP contribution in [-0.2, 0) is 5.60 Å². The van der Waals surface area contributed by atoms with E-state index in [9.17, 15) is 5.11 Å². The number of hydrogen-bond acceptors (Lipinski definition) is 2. The second kappa shape index (κ2) is 7.98. The molecule has 0 amide bonds. The molecule has 0 saturated carbocycles. The van der Waals surface area contributed by atoms with E-state index < -0.39 is 5.60 Å². The highest BCUT2D eigenvalue weighted by atomic mass is 35.5. The quantitative estimate of drug-likeness (QED) is 0.812. The van der Waals surface area contributed by atoms with Crippen LogP contribution >= 0.6 is 11.6 Å². The van der Waals surface area contributed by atoms with Gasteiger partial charge in [-0.05, 0) is 49.9 Å². The van der Waals surface area contributed by atoms with Crippen molar-refractivity contribution in [3.8, 4) is 0 Å². The van der Waals surface area contributed by atoms with Crippen LogP contribution in [0, 0.1) is 5.92 Å². The summed E-state index contributed by atoms with van der Waals surface area (Å²) in [5.41, 5.74) is 1.82. The summed E-state index contributed by atoms with van der Waals surface area (Å²) < 4.78 is 0. The zero-order valence-corrected chi connectivity index (χ0v) is 15.6. The van der Waals surface area contributed by atoms with E-state index in [0.29, 0.717) is 5.02 Å². The van der Waals surface area contributed by atoms with Crippen molar-refractivity contribution < 1.29 is 5.11 Å². The van der Waals surface area contributed by atoms with E-state index in [0.717, 1.165) is 23.2 Å². The standard InChI is InChI=1S/C21H26ClNO/c1-16(14-18-8-6-5-7-9-18)21(24,17(2)15-23(3)4)19-10-12-20(22)13-11-19/h5-14,17,24H,15H2,1-4H3/b16-14-. The molecule has 2 aromatic carbocycles. The Labute approximate surface area is 150 Å². The molecule has 0 heterocycles. The summed E-state index contributed by atoms with van der Waals surface area (Å²) in [7, 11) is 4.05. The number of aliphatic hydroxyl groups is 1. The lowest BCUT2D eigenvalue weighted by atomic mass is 9.76. The Kier molecular flexibility index (Phi) is 6.22. The molecular weight excluding hydrogens is 318 g/mol. The maximum Gasteiger partial charge on any atom is 0.114 e. The predicted octanol–water partition coefficient (Wildman–Crippen LogP) is 4.83. The Bertz CT molecular complexity index is 679. The summed E-state index contributed by atoms with van der Waals surface area (Å²) in [6.07, 6.45) is 2.06. The van der Waals surface area contributed by atoms with Crippen LogP contribution in [0.1, 0.15) is 25.0 Å². The van der Waals surface area contributed by atoms with Crippen molar-refractivity contribution in [3.63, 3.8) is 0 Å². The first-order chi connectivity index (χ1) is 11.3. The average Bonchev–Trinajstić information content (AvgIpc) is 2.55. The van der Waals surface area contributed by atoms with Gasteiger partial charge >= 0.3 is 0 Å². The highest BCUT2D eigenvalue weighted by Gasteiger charge is 2.37. The van der Waals surface area contributed by atoms with Crippen LogP contribution in [0.2, 0.25) is 5.02 Å². The first kappa shape index (κ1) is 18.7. The summed E-state index contributed by atoms with van der Waals surface area (Å²) in [4.78, 5) is 2.10. The molecule has 0 aliphatic rings. The number of benzene rings is 2. The summed E-state index contributed by atoms with van der Waals surface area (Å²) in [6, 6.07) is 17.6. The Morgan fingerprint density at radius 2 is 1.71 bits per heavy atom. The van der Waals surface area contributed by atoms with Crippen molar-refractivity contribution in [3.05, 3.63) is 76.3 Å². The number of nitrogens with zero attached hydrogens (tertiary/aromatic N) is 1. The van der Waals surface area contributed by atoms with E-state index in [1.165, 1.54) is 0 Å². The van der Waals surface area contributed by atoms with Gasteiger partial charge in [0.1, 0.15) is 5.60 Å². The highest BCUT2D eigenvalue weighted by Crippen LogP contribution is 2.38. The molecule has 24 heavy (non-hydrogen) atoms. The van der Waals surface area contributed by atoms with Gasteiger partial charge in [-0.25, -0.2) is 0 Å². The lowest BCUT2D eigenvalue weighted by molar-refractivity contribution is 0.0105. The fraction of sp³-hybridized carbons (Fsp3) is 0.333. The highest BCUT2D eigenvalue weighted by molar-refractivity contribution is 6.30. The van der Waals surface area contributed by atoms with Crippen LogP contribution in [0.25, 0.3) is 6.08 Å². The smallest absolute Gasteiger partial charge is 0.114 e. The molecule has 2 rings (SSSR count). The van der Waals surface area contributed by atoms with Gasteiger partial charge in [-0.2, -0.15) is 0 Å². The van der Waals surface area contributed by atoms with Crippen molar-refractivity contribution in [2.24, 2.45) is 5.92 Å². The molecule has 0 radical (unpaired) electrons. The molecule has 2 nitrogen and oxygen atoms in total. The van der Waals surface area contributed by atoms with Gasteiger partial charge in [-0.1, -0.05) is 67.1 Å².